The third-order valence-electron chi connectivity index (χ3n) is 3.86. The second kappa shape index (κ2) is 8.20. The molecule has 1 unspecified atom stereocenters. The van der Waals surface area contributed by atoms with Gasteiger partial charge in [0.25, 0.3) is 5.56 Å². The number of ether oxygens (including phenoxy) is 2. The molecule has 2 heterocycles. The van der Waals surface area contributed by atoms with Crippen molar-refractivity contribution in [2.75, 3.05) is 7.11 Å². The summed E-state index contributed by atoms with van der Waals surface area (Å²) >= 11 is 1.27. The summed E-state index contributed by atoms with van der Waals surface area (Å²) in [5.41, 5.74) is 1.00. The summed E-state index contributed by atoms with van der Waals surface area (Å²) < 4.78 is 11.7. The van der Waals surface area contributed by atoms with Crippen molar-refractivity contribution in [2.45, 2.75) is 32.5 Å². The van der Waals surface area contributed by atoms with Crippen molar-refractivity contribution >= 4 is 22.3 Å². The zero-order valence-corrected chi connectivity index (χ0v) is 15.4. The summed E-state index contributed by atoms with van der Waals surface area (Å²) in [5.74, 6) is -0.664. The van der Waals surface area contributed by atoms with Crippen LogP contribution in [0.2, 0.25) is 0 Å². The standard InChI is InChI=1S/C18H19N3O4S/c1-3-14(12-7-5-4-6-8-12)17(23)25-10-13-9-16(22)21-18(19-13)26-15(20-21)11-24-2/h4-9,14H,3,10-11H2,1-2H3. The van der Waals surface area contributed by atoms with E-state index in [0.717, 1.165) is 5.56 Å². The minimum atomic E-state index is -0.335. The fourth-order valence-electron chi connectivity index (χ4n) is 2.62. The van der Waals surface area contributed by atoms with E-state index in [1.807, 2.05) is 37.3 Å². The second-order valence-corrected chi connectivity index (χ2v) is 6.73. The highest BCUT2D eigenvalue weighted by Gasteiger charge is 2.20. The van der Waals surface area contributed by atoms with Gasteiger partial charge in [0.05, 0.1) is 18.2 Å². The molecule has 1 atom stereocenters. The van der Waals surface area contributed by atoms with Crippen LogP contribution in [0.5, 0.6) is 0 Å². The Labute approximate surface area is 154 Å². The molecule has 0 saturated heterocycles. The van der Waals surface area contributed by atoms with Gasteiger partial charge < -0.3 is 9.47 Å². The van der Waals surface area contributed by atoms with E-state index in [2.05, 4.69) is 10.1 Å². The molecule has 0 fully saturated rings. The van der Waals surface area contributed by atoms with Crippen LogP contribution in [-0.4, -0.2) is 27.7 Å². The van der Waals surface area contributed by atoms with Crippen LogP contribution in [0.4, 0.5) is 0 Å². The van der Waals surface area contributed by atoms with Gasteiger partial charge in [0.1, 0.15) is 11.6 Å². The van der Waals surface area contributed by atoms with Crippen LogP contribution in [0.3, 0.4) is 0 Å². The number of carbonyl (C=O) groups is 1. The largest absolute Gasteiger partial charge is 0.459 e. The zero-order chi connectivity index (χ0) is 18.5. The van der Waals surface area contributed by atoms with E-state index in [9.17, 15) is 9.59 Å². The number of aromatic nitrogens is 3. The van der Waals surface area contributed by atoms with Gasteiger partial charge in [-0.05, 0) is 12.0 Å². The van der Waals surface area contributed by atoms with Gasteiger partial charge >= 0.3 is 5.97 Å². The Morgan fingerprint density at radius 1 is 1.27 bits per heavy atom. The maximum absolute atomic E-state index is 12.4. The molecule has 0 aliphatic rings. The Bertz CT molecular complexity index is 952. The van der Waals surface area contributed by atoms with E-state index in [-0.39, 0.29) is 24.1 Å². The Hall–Kier alpha value is -2.58. The van der Waals surface area contributed by atoms with Gasteiger partial charge in [-0.2, -0.15) is 9.61 Å². The highest BCUT2D eigenvalue weighted by atomic mass is 32.1. The van der Waals surface area contributed by atoms with Crippen molar-refractivity contribution < 1.29 is 14.3 Å². The molecule has 3 rings (SSSR count). The Kier molecular flexibility index (Phi) is 5.75. The molecular weight excluding hydrogens is 354 g/mol. The van der Waals surface area contributed by atoms with E-state index in [4.69, 9.17) is 9.47 Å². The van der Waals surface area contributed by atoms with Gasteiger partial charge in [-0.1, -0.05) is 48.6 Å². The molecular formula is C18H19N3O4S. The third-order valence-corrected chi connectivity index (χ3v) is 4.75. The van der Waals surface area contributed by atoms with Gasteiger partial charge in [-0.25, -0.2) is 4.98 Å². The van der Waals surface area contributed by atoms with Crippen molar-refractivity contribution in [2.24, 2.45) is 0 Å². The van der Waals surface area contributed by atoms with Crippen molar-refractivity contribution in [1.82, 2.24) is 14.6 Å². The van der Waals surface area contributed by atoms with Gasteiger partial charge in [0.15, 0.2) is 0 Å². The lowest BCUT2D eigenvalue weighted by Crippen LogP contribution is -2.19. The summed E-state index contributed by atoms with van der Waals surface area (Å²) in [6.07, 6.45) is 0.632. The number of hydrogen-bond acceptors (Lipinski definition) is 7. The molecule has 7 nitrogen and oxygen atoms in total. The maximum atomic E-state index is 12.4. The number of carbonyl (C=O) groups excluding carboxylic acids is 1. The lowest BCUT2D eigenvalue weighted by atomic mass is 9.97. The van der Waals surface area contributed by atoms with Crippen molar-refractivity contribution in [3.63, 3.8) is 0 Å². The molecule has 0 bridgehead atoms. The van der Waals surface area contributed by atoms with Crippen LogP contribution in [0, 0.1) is 0 Å². The van der Waals surface area contributed by atoms with Crippen LogP contribution in [0.25, 0.3) is 4.96 Å². The summed E-state index contributed by atoms with van der Waals surface area (Å²) in [7, 11) is 1.56. The minimum Gasteiger partial charge on any atom is -0.459 e. The minimum absolute atomic E-state index is 0.0502. The van der Waals surface area contributed by atoms with Crippen molar-refractivity contribution in [1.29, 1.82) is 0 Å². The molecule has 0 aliphatic carbocycles. The number of nitrogens with zero attached hydrogens (tertiary/aromatic N) is 3. The van der Waals surface area contributed by atoms with E-state index >= 15 is 0 Å². The smallest absolute Gasteiger partial charge is 0.313 e. The number of esters is 1. The molecule has 0 N–H and O–H groups in total. The molecule has 26 heavy (non-hydrogen) atoms. The highest BCUT2D eigenvalue weighted by Crippen LogP contribution is 2.21. The number of benzene rings is 1. The molecule has 136 valence electrons. The van der Waals surface area contributed by atoms with Crippen LogP contribution in [0.1, 0.15) is 35.5 Å². The van der Waals surface area contributed by atoms with Crippen LogP contribution in [-0.2, 0) is 27.5 Å². The third kappa shape index (κ3) is 3.97. The average Bonchev–Trinajstić information content (AvgIpc) is 3.05. The SMILES string of the molecule is CCC(C(=O)OCc1cc(=O)n2nc(COC)sc2n1)c1ccccc1. The van der Waals surface area contributed by atoms with Gasteiger partial charge in [0, 0.05) is 13.2 Å². The quantitative estimate of drug-likeness (QED) is 0.592. The van der Waals surface area contributed by atoms with Gasteiger partial charge in [-0.3, -0.25) is 9.59 Å². The summed E-state index contributed by atoms with van der Waals surface area (Å²) in [5, 5.41) is 4.80. The molecule has 1 aromatic carbocycles. The van der Waals surface area contributed by atoms with Gasteiger partial charge in [0.2, 0.25) is 4.96 Å². The van der Waals surface area contributed by atoms with Gasteiger partial charge in [-0.15, -0.1) is 0 Å². The number of hydrogen-bond donors (Lipinski definition) is 0. The molecule has 0 radical (unpaired) electrons. The summed E-state index contributed by atoms with van der Waals surface area (Å²) in [6.45, 7) is 2.20. The molecule has 0 spiro atoms. The van der Waals surface area contributed by atoms with E-state index in [1.165, 1.54) is 21.9 Å². The topological polar surface area (TPSA) is 82.8 Å². The molecule has 3 aromatic rings. The number of rotatable bonds is 7. The zero-order valence-electron chi connectivity index (χ0n) is 14.5. The van der Waals surface area contributed by atoms with Crippen LogP contribution < -0.4 is 5.56 Å². The Balaban J connectivity index is 1.74. The molecule has 0 saturated carbocycles. The first-order valence-corrected chi connectivity index (χ1v) is 9.03. The molecule has 2 aromatic heterocycles. The van der Waals surface area contributed by atoms with E-state index in [1.54, 1.807) is 7.11 Å². The summed E-state index contributed by atoms with van der Waals surface area (Å²) in [6, 6.07) is 10.8. The fourth-order valence-corrected chi connectivity index (χ4v) is 3.51. The first kappa shape index (κ1) is 18.2. The fraction of sp³-hybridized carbons (Fsp3) is 0.333. The average molecular weight is 373 g/mol. The normalized spacial score (nSPS) is 12.2. The predicted octanol–water partition coefficient (Wildman–Crippen LogP) is 2.53. The Morgan fingerprint density at radius 3 is 2.73 bits per heavy atom. The molecule has 0 aliphatic heterocycles. The molecule has 8 heteroatoms. The molecule has 0 amide bonds. The van der Waals surface area contributed by atoms with Crippen molar-refractivity contribution in [3.8, 4) is 0 Å². The highest BCUT2D eigenvalue weighted by molar-refractivity contribution is 7.16. The van der Waals surface area contributed by atoms with Crippen LogP contribution >= 0.6 is 11.3 Å². The van der Waals surface area contributed by atoms with Crippen molar-refractivity contribution in [3.05, 3.63) is 63.0 Å². The first-order chi connectivity index (χ1) is 12.6. The lowest BCUT2D eigenvalue weighted by molar-refractivity contribution is -0.147. The first-order valence-electron chi connectivity index (χ1n) is 8.21. The Morgan fingerprint density at radius 2 is 2.04 bits per heavy atom. The van der Waals surface area contributed by atoms with Crippen LogP contribution in [0.15, 0.2) is 41.2 Å². The maximum Gasteiger partial charge on any atom is 0.313 e. The second-order valence-electron chi connectivity index (χ2n) is 5.69. The monoisotopic (exact) mass is 373 g/mol. The summed E-state index contributed by atoms with van der Waals surface area (Å²) in [4.78, 5) is 29.4. The number of fused-ring (bicyclic) bond motifs is 1. The number of methoxy groups -OCH3 is 1. The predicted molar refractivity (Wildman–Crippen MR) is 97.1 cm³/mol. The van der Waals surface area contributed by atoms with E-state index in [0.29, 0.717) is 28.7 Å². The van der Waals surface area contributed by atoms with E-state index < -0.39 is 0 Å². The lowest BCUT2D eigenvalue weighted by Gasteiger charge is -2.14.